The molecule has 1 amide bonds. The molecule has 0 spiro atoms. The summed E-state index contributed by atoms with van der Waals surface area (Å²) in [6.45, 7) is 3.05. The number of rotatable bonds is 5. The van der Waals surface area contributed by atoms with Crippen LogP contribution in [0.2, 0.25) is 5.02 Å². The zero-order valence-corrected chi connectivity index (χ0v) is 22.3. The maximum Gasteiger partial charge on any atom is 0.252 e. The number of hydrogen-bond acceptors (Lipinski definition) is 4. The second kappa shape index (κ2) is 10.5. The van der Waals surface area contributed by atoms with E-state index in [9.17, 15) is 9.18 Å². The number of amides is 1. The van der Waals surface area contributed by atoms with E-state index >= 15 is 0 Å². The minimum atomic E-state index is -0.492. The van der Waals surface area contributed by atoms with Crippen molar-refractivity contribution in [3.63, 3.8) is 0 Å². The highest BCUT2D eigenvalue weighted by molar-refractivity contribution is 6.31. The van der Waals surface area contributed by atoms with Gasteiger partial charge in [0.05, 0.1) is 23.2 Å². The van der Waals surface area contributed by atoms with Gasteiger partial charge in [0.15, 0.2) is 0 Å². The second-order valence-corrected chi connectivity index (χ2v) is 10.2. The van der Waals surface area contributed by atoms with Crippen molar-refractivity contribution in [2.24, 2.45) is 0 Å². The van der Waals surface area contributed by atoms with Gasteiger partial charge in [0.1, 0.15) is 11.6 Å². The molecule has 0 saturated heterocycles. The number of carbonyl (C=O) groups excluding carboxylic acids is 1. The summed E-state index contributed by atoms with van der Waals surface area (Å²) in [6, 6.07) is 18.1. The summed E-state index contributed by atoms with van der Waals surface area (Å²) in [7, 11) is 3.64. The Balaban J connectivity index is 0.000000529. The number of methoxy groups -OCH3 is 1. The lowest BCUT2D eigenvalue weighted by Gasteiger charge is -2.22. The molecule has 6 rings (SSSR count). The number of halogens is 2. The van der Waals surface area contributed by atoms with Gasteiger partial charge in [-0.15, -0.1) is 0 Å². The van der Waals surface area contributed by atoms with Crippen LogP contribution in [0.15, 0.2) is 79.1 Å². The summed E-state index contributed by atoms with van der Waals surface area (Å²) in [5.41, 5.74) is 4.45. The van der Waals surface area contributed by atoms with Gasteiger partial charge in [0.2, 0.25) is 0 Å². The third-order valence-electron chi connectivity index (χ3n) is 7.03. The fourth-order valence-corrected chi connectivity index (χ4v) is 4.76. The van der Waals surface area contributed by atoms with Crippen molar-refractivity contribution in [2.45, 2.75) is 25.3 Å². The van der Waals surface area contributed by atoms with Crippen molar-refractivity contribution in [3.05, 3.63) is 107 Å². The Bertz CT molecular complexity index is 1550. The number of likely N-dealkylation sites (N-methyl/N-ethyl adjacent to an activating group) is 1. The highest BCUT2D eigenvalue weighted by Crippen LogP contribution is 2.49. The molecule has 1 fully saturated rings. The second-order valence-electron chi connectivity index (χ2n) is 9.76. The van der Waals surface area contributed by atoms with Crippen molar-refractivity contribution < 1.29 is 13.9 Å². The highest BCUT2D eigenvalue weighted by atomic mass is 35.5. The number of carbonyl (C=O) groups is 1. The van der Waals surface area contributed by atoms with Crippen LogP contribution in [-0.4, -0.2) is 36.5 Å². The number of aromatic nitrogens is 1. The summed E-state index contributed by atoms with van der Waals surface area (Å²) in [5, 5.41) is 4.32. The first-order valence-electron chi connectivity index (χ1n) is 12.5. The Morgan fingerprint density at radius 3 is 2.50 bits per heavy atom. The smallest absolute Gasteiger partial charge is 0.252 e. The van der Waals surface area contributed by atoms with Crippen LogP contribution in [0.4, 0.5) is 4.39 Å². The van der Waals surface area contributed by atoms with Crippen LogP contribution in [0.3, 0.4) is 0 Å². The van der Waals surface area contributed by atoms with Gasteiger partial charge in [-0.05, 0) is 96.8 Å². The van der Waals surface area contributed by atoms with Gasteiger partial charge in [0, 0.05) is 30.7 Å². The van der Waals surface area contributed by atoms with Crippen LogP contribution in [0.1, 0.15) is 34.3 Å². The molecule has 7 heteroatoms. The maximum absolute atomic E-state index is 13.7. The lowest BCUT2D eigenvalue weighted by atomic mass is 9.93. The molecule has 3 aromatic carbocycles. The first kappa shape index (κ1) is 25.7. The first-order chi connectivity index (χ1) is 18.3. The number of benzene rings is 3. The topological polar surface area (TPSA) is 54.5 Å². The van der Waals surface area contributed by atoms with E-state index in [1.54, 1.807) is 31.5 Å². The monoisotopic (exact) mass is 529 g/mol. The van der Waals surface area contributed by atoms with Crippen molar-refractivity contribution >= 4 is 28.4 Å². The number of ether oxygens (including phenoxy) is 1. The molecule has 0 atom stereocenters. The average molecular weight is 530 g/mol. The van der Waals surface area contributed by atoms with Crippen LogP contribution in [-0.2, 0) is 5.54 Å². The Morgan fingerprint density at radius 1 is 1.11 bits per heavy atom. The quantitative estimate of drug-likeness (QED) is 0.306. The largest absolute Gasteiger partial charge is 0.497 e. The van der Waals surface area contributed by atoms with E-state index in [0.29, 0.717) is 11.3 Å². The maximum atomic E-state index is 13.7. The molecule has 1 N–H and O–H groups in total. The number of fused-ring (bicyclic) bond motifs is 1. The number of pyridine rings is 1. The predicted molar refractivity (Wildman–Crippen MR) is 150 cm³/mol. The normalized spacial score (nSPS) is 14.8. The zero-order valence-electron chi connectivity index (χ0n) is 21.6. The molecule has 0 unspecified atom stereocenters. The minimum Gasteiger partial charge on any atom is -0.497 e. The molecule has 5 nitrogen and oxygen atoms in total. The standard InChI is InChI=1S/C27H22ClFN2O2.C4H7N/c1-16-5-7-19(33-2)15-21(16)26(32)31-27(9-10-27)22-12-18(14-25-20(22)4-3-11-30-25)17-6-8-24(29)23(28)13-17;1-5-3-2-4-5/h3-8,11-15H,9-10H2,1-2H3,(H,31,32);2-3H,4H2,1H3. The molecule has 1 aliphatic heterocycles. The van der Waals surface area contributed by atoms with Crippen molar-refractivity contribution in [1.82, 2.24) is 15.2 Å². The molecule has 1 aromatic heterocycles. The zero-order chi connectivity index (χ0) is 26.9. The van der Waals surface area contributed by atoms with Crippen LogP contribution in [0, 0.1) is 12.7 Å². The van der Waals surface area contributed by atoms with E-state index < -0.39 is 11.4 Å². The molecule has 0 bridgehead atoms. The van der Waals surface area contributed by atoms with Gasteiger partial charge in [-0.25, -0.2) is 4.39 Å². The van der Waals surface area contributed by atoms with Crippen molar-refractivity contribution in [3.8, 4) is 16.9 Å². The molecule has 2 heterocycles. The van der Waals surface area contributed by atoms with E-state index in [1.807, 2.05) is 37.3 Å². The Hall–Kier alpha value is -3.90. The molecule has 0 radical (unpaired) electrons. The van der Waals surface area contributed by atoms with Crippen LogP contribution < -0.4 is 10.1 Å². The number of aryl methyl sites for hydroxylation is 1. The number of hydrogen-bond donors (Lipinski definition) is 1. The molecular formula is C31H29ClFN3O2. The summed E-state index contributed by atoms with van der Waals surface area (Å²) in [4.78, 5) is 20.0. The average Bonchev–Trinajstić information content (AvgIpc) is 3.69. The fourth-order valence-electron chi connectivity index (χ4n) is 4.58. The Morgan fingerprint density at radius 2 is 1.87 bits per heavy atom. The summed E-state index contributed by atoms with van der Waals surface area (Å²) >= 11 is 6.04. The molecule has 2 aliphatic rings. The molecule has 38 heavy (non-hydrogen) atoms. The van der Waals surface area contributed by atoms with Crippen LogP contribution in [0.5, 0.6) is 5.75 Å². The van der Waals surface area contributed by atoms with Gasteiger partial charge in [-0.2, -0.15) is 0 Å². The van der Waals surface area contributed by atoms with Gasteiger partial charge < -0.3 is 15.0 Å². The third-order valence-corrected chi connectivity index (χ3v) is 7.32. The number of nitrogens with zero attached hydrogens (tertiary/aromatic N) is 2. The molecular weight excluding hydrogens is 501 g/mol. The van der Waals surface area contributed by atoms with E-state index in [1.165, 1.54) is 6.07 Å². The van der Waals surface area contributed by atoms with Gasteiger partial charge in [-0.3, -0.25) is 9.78 Å². The van der Waals surface area contributed by atoms with Crippen LogP contribution in [0.25, 0.3) is 22.0 Å². The minimum absolute atomic E-state index is 0.0677. The lowest BCUT2D eigenvalue weighted by molar-refractivity contribution is 0.0930. The fraction of sp³-hybridized carbons (Fsp3) is 0.226. The highest BCUT2D eigenvalue weighted by Gasteiger charge is 2.47. The summed E-state index contributed by atoms with van der Waals surface area (Å²) in [5.74, 6) is 0.0377. The van der Waals surface area contributed by atoms with Crippen molar-refractivity contribution in [1.29, 1.82) is 0 Å². The SMILES string of the molecule is CN1C=CC1.COc1ccc(C)c(C(=O)NC2(c3cc(-c4ccc(F)c(Cl)c4)cc4ncccc34)CC2)c1. The summed E-state index contributed by atoms with van der Waals surface area (Å²) in [6.07, 6.45) is 7.56. The molecule has 4 aromatic rings. The molecule has 1 saturated carbocycles. The summed E-state index contributed by atoms with van der Waals surface area (Å²) < 4.78 is 19.0. The number of nitrogens with one attached hydrogen (secondary N) is 1. The third kappa shape index (κ3) is 5.22. The van der Waals surface area contributed by atoms with E-state index in [-0.39, 0.29) is 10.9 Å². The first-order valence-corrected chi connectivity index (χ1v) is 12.9. The van der Waals surface area contributed by atoms with Crippen LogP contribution >= 0.6 is 11.6 Å². The van der Waals surface area contributed by atoms with E-state index in [4.69, 9.17) is 16.3 Å². The molecule has 1 aliphatic carbocycles. The van der Waals surface area contributed by atoms with Crippen molar-refractivity contribution in [2.75, 3.05) is 20.7 Å². The lowest BCUT2D eigenvalue weighted by Crippen LogP contribution is -2.35. The predicted octanol–water partition coefficient (Wildman–Crippen LogP) is 6.88. The van der Waals surface area contributed by atoms with E-state index in [2.05, 4.69) is 40.6 Å². The Kier molecular flexibility index (Phi) is 7.09. The Labute approximate surface area is 226 Å². The van der Waals surface area contributed by atoms with Gasteiger partial charge in [0.25, 0.3) is 5.91 Å². The van der Waals surface area contributed by atoms with E-state index in [0.717, 1.165) is 52.5 Å². The van der Waals surface area contributed by atoms with Gasteiger partial charge >= 0.3 is 0 Å². The van der Waals surface area contributed by atoms with Gasteiger partial charge in [-0.1, -0.05) is 29.8 Å². The molecule has 194 valence electrons.